The Morgan fingerprint density at radius 3 is 2.74 bits per heavy atom. The van der Waals surface area contributed by atoms with Crippen LogP contribution in [0.3, 0.4) is 0 Å². The molecule has 6 heteroatoms. The topological polar surface area (TPSA) is 58.6 Å². The van der Waals surface area contributed by atoms with Gasteiger partial charge in [0, 0.05) is 16.6 Å². The Morgan fingerprint density at radius 2 is 2.16 bits per heavy atom. The first-order valence-electron chi connectivity index (χ1n) is 5.98. The molecule has 1 atom stereocenters. The van der Waals surface area contributed by atoms with Gasteiger partial charge in [0.1, 0.15) is 5.75 Å². The second-order valence-corrected chi connectivity index (χ2v) is 5.04. The summed E-state index contributed by atoms with van der Waals surface area (Å²) in [5.74, 6) is 0.0529. The molecule has 0 aliphatic heterocycles. The third-order valence-electron chi connectivity index (χ3n) is 2.62. The lowest BCUT2D eigenvalue weighted by atomic mass is 10.2. The van der Waals surface area contributed by atoms with Crippen LogP contribution in [-0.4, -0.2) is 23.7 Å². The van der Waals surface area contributed by atoms with E-state index >= 15 is 0 Å². The lowest BCUT2D eigenvalue weighted by molar-refractivity contribution is -0.123. The number of ether oxygens (including phenoxy) is 1. The highest BCUT2D eigenvalue weighted by Gasteiger charge is 2.13. The van der Waals surface area contributed by atoms with Gasteiger partial charge in [0.25, 0.3) is 5.91 Å². The van der Waals surface area contributed by atoms with Crippen LogP contribution in [0.15, 0.2) is 12.1 Å². The Balaban J connectivity index is 2.70. The van der Waals surface area contributed by atoms with Gasteiger partial charge in [-0.3, -0.25) is 4.79 Å². The van der Waals surface area contributed by atoms with Crippen molar-refractivity contribution in [2.75, 3.05) is 6.61 Å². The van der Waals surface area contributed by atoms with Gasteiger partial charge in [0.2, 0.25) is 0 Å². The van der Waals surface area contributed by atoms with E-state index in [0.29, 0.717) is 10.6 Å². The predicted octanol–water partition coefficient (Wildman–Crippen LogP) is 2.78. The van der Waals surface area contributed by atoms with Crippen LogP contribution < -0.4 is 10.1 Å². The molecule has 0 spiro atoms. The molecule has 1 unspecified atom stereocenters. The van der Waals surface area contributed by atoms with E-state index in [1.54, 1.807) is 6.07 Å². The maximum atomic E-state index is 11.6. The third kappa shape index (κ3) is 4.90. The number of carbonyl (C=O) groups is 1. The summed E-state index contributed by atoms with van der Waals surface area (Å²) in [6.07, 6.45) is 0.843. The highest BCUT2D eigenvalue weighted by atomic mass is 35.5. The fraction of sp³-hybridized carbons (Fsp3) is 0.462. The first kappa shape index (κ1) is 16.1. The summed E-state index contributed by atoms with van der Waals surface area (Å²) < 4.78 is 5.36. The highest BCUT2D eigenvalue weighted by Crippen LogP contribution is 2.32. The molecule has 0 saturated carbocycles. The maximum absolute atomic E-state index is 11.6. The first-order chi connectivity index (χ1) is 8.97. The molecule has 0 radical (unpaired) electrons. The van der Waals surface area contributed by atoms with Crippen molar-refractivity contribution in [2.45, 2.75) is 32.9 Å². The van der Waals surface area contributed by atoms with Crippen LogP contribution >= 0.6 is 23.2 Å². The predicted molar refractivity (Wildman–Crippen MR) is 75.8 cm³/mol. The average molecular weight is 306 g/mol. The molecule has 0 heterocycles. The van der Waals surface area contributed by atoms with Gasteiger partial charge in [-0.1, -0.05) is 30.1 Å². The van der Waals surface area contributed by atoms with E-state index in [9.17, 15) is 9.90 Å². The van der Waals surface area contributed by atoms with E-state index in [0.717, 1.165) is 6.42 Å². The minimum Gasteiger partial charge on any atom is -0.482 e. The Labute approximate surface area is 122 Å². The summed E-state index contributed by atoms with van der Waals surface area (Å²) in [5, 5.41) is 12.7. The van der Waals surface area contributed by atoms with Gasteiger partial charge in [0.05, 0.1) is 11.6 Å². The van der Waals surface area contributed by atoms with Crippen LogP contribution in [0.2, 0.25) is 10.0 Å². The molecule has 2 N–H and O–H groups in total. The van der Waals surface area contributed by atoms with Gasteiger partial charge < -0.3 is 15.2 Å². The summed E-state index contributed by atoms with van der Waals surface area (Å²) in [6, 6.07) is 3.15. The number of carbonyl (C=O) groups excluding carboxylic acids is 1. The molecule has 1 aromatic rings. The van der Waals surface area contributed by atoms with Crippen molar-refractivity contribution in [1.29, 1.82) is 0 Å². The number of aliphatic hydroxyl groups excluding tert-OH is 1. The smallest absolute Gasteiger partial charge is 0.258 e. The molecule has 0 aliphatic rings. The Bertz CT molecular complexity index is 452. The second kappa shape index (κ2) is 7.58. The number of benzene rings is 1. The molecule has 106 valence electrons. The number of nitrogens with one attached hydrogen (secondary N) is 1. The van der Waals surface area contributed by atoms with E-state index < -0.39 is 0 Å². The fourth-order valence-corrected chi connectivity index (χ4v) is 2.04. The van der Waals surface area contributed by atoms with Crippen molar-refractivity contribution in [3.8, 4) is 5.75 Å². The number of hydrogen-bond donors (Lipinski definition) is 2. The van der Waals surface area contributed by atoms with Crippen molar-refractivity contribution < 1.29 is 14.6 Å². The number of aliphatic hydroxyl groups is 1. The summed E-state index contributed by atoms with van der Waals surface area (Å²) in [4.78, 5) is 11.6. The van der Waals surface area contributed by atoms with Crippen molar-refractivity contribution in [3.05, 3.63) is 27.7 Å². The molecule has 0 saturated heterocycles. The lowest BCUT2D eigenvalue weighted by Crippen LogP contribution is -2.35. The molecule has 0 aliphatic carbocycles. The number of halogens is 2. The molecular weight excluding hydrogens is 289 g/mol. The van der Waals surface area contributed by atoms with Gasteiger partial charge in [-0.05, 0) is 25.5 Å². The average Bonchev–Trinajstić information content (AvgIpc) is 2.36. The first-order valence-corrected chi connectivity index (χ1v) is 6.74. The van der Waals surface area contributed by atoms with Gasteiger partial charge >= 0.3 is 0 Å². The summed E-state index contributed by atoms with van der Waals surface area (Å²) in [6.45, 7) is 3.47. The van der Waals surface area contributed by atoms with E-state index in [2.05, 4.69) is 5.32 Å². The normalized spacial score (nSPS) is 12.1. The quantitative estimate of drug-likeness (QED) is 0.849. The Hall–Kier alpha value is -0.970. The Kier molecular flexibility index (Phi) is 6.42. The monoisotopic (exact) mass is 305 g/mol. The molecular formula is C13H17Cl2NO3. The number of amides is 1. The SMILES string of the molecule is CCC(C)NC(=O)COc1c(Cl)cc(Cl)cc1CO. The van der Waals surface area contributed by atoms with Crippen molar-refractivity contribution in [2.24, 2.45) is 0 Å². The molecule has 1 amide bonds. The van der Waals surface area contributed by atoms with Crippen LogP contribution in [0.1, 0.15) is 25.8 Å². The summed E-state index contributed by atoms with van der Waals surface area (Å²) in [5.41, 5.74) is 0.453. The van der Waals surface area contributed by atoms with Crippen LogP contribution in [0, 0.1) is 0 Å². The molecule has 1 aromatic carbocycles. The molecule has 1 rings (SSSR count). The molecule has 0 aromatic heterocycles. The molecule has 19 heavy (non-hydrogen) atoms. The molecule has 0 fully saturated rings. The summed E-state index contributed by atoms with van der Waals surface area (Å²) >= 11 is 11.8. The standard InChI is InChI=1S/C13H17Cl2NO3/c1-3-8(2)16-12(18)7-19-13-9(6-17)4-10(14)5-11(13)15/h4-5,8,17H,3,6-7H2,1-2H3,(H,16,18). The van der Waals surface area contributed by atoms with Gasteiger partial charge in [0.15, 0.2) is 6.61 Å². The lowest BCUT2D eigenvalue weighted by Gasteiger charge is -2.14. The minimum absolute atomic E-state index is 0.0918. The van der Waals surface area contributed by atoms with Crippen molar-refractivity contribution in [1.82, 2.24) is 5.32 Å². The maximum Gasteiger partial charge on any atom is 0.258 e. The van der Waals surface area contributed by atoms with E-state index in [-0.39, 0.29) is 35.9 Å². The number of rotatable bonds is 6. The van der Waals surface area contributed by atoms with Gasteiger partial charge in [-0.2, -0.15) is 0 Å². The Morgan fingerprint density at radius 1 is 1.47 bits per heavy atom. The zero-order valence-electron chi connectivity index (χ0n) is 10.9. The zero-order chi connectivity index (χ0) is 14.4. The van der Waals surface area contributed by atoms with Gasteiger partial charge in [-0.25, -0.2) is 0 Å². The van der Waals surface area contributed by atoms with E-state index in [1.165, 1.54) is 6.07 Å². The third-order valence-corrected chi connectivity index (χ3v) is 3.12. The zero-order valence-corrected chi connectivity index (χ0v) is 12.4. The van der Waals surface area contributed by atoms with Crippen LogP contribution in [-0.2, 0) is 11.4 Å². The van der Waals surface area contributed by atoms with E-state index in [4.69, 9.17) is 27.9 Å². The van der Waals surface area contributed by atoms with Crippen molar-refractivity contribution in [3.63, 3.8) is 0 Å². The second-order valence-electron chi connectivity index (χ2n) is 4.20. The minimum atomic E-state index is -0.261. The fourth-order valence-electron chi connectivity index (χ4n) is 1.45. The number of hydrogen-bond acceptors (Lipinski definition) is 3. The van der Waals surface area contributed by atoms with Gasteiger partial charge in [-0.15, -0.1) is 0 Å². The van der Waals surface area contributed by atoms with Crippen LogP contribution in [0.4, 0.5) is 0 Å². The van der Waals surface area contributed by atoms with Crippen LogP contribution in [0.25, 0.3) is 0 Å². The molecule has 4 nitrogen and oxygen atoms in total. The summed E-state index contributed by atoms with van der Waals surface area (Å²) in [7, 11) is 0. The van der Waals surface area contributed by atoms with Crippen molar-refractivity contribution >= 4 is 29.1 Å². The largest absolute Gasteiger partial charge is 0.482 e. The highest BCUT2D eigenvalue weighted by molar-refractivity contribution is 6.35. The molecule has 0 bridgehead atoms. The van der Waals surface area contributed by atoms with Crippen LogP contribution in [0.5, 0.6) is 5.75 Å². The van der Waals surface area contributed by atoms with E-state index in [1.807, 2.05) is 13.8 Å².